The molecule has 0 saturated heterocycles. The number of hydrogen-bond donors (Lipinski definition) is 0. The lowest BCUT2D eigenvalue weighted by molar-refractivity contribution is -0.865. The number of hydrogen-bond acceptors (Lipinski definition) is 2. The maximum absolute atomic E-state index is 11.5. The van der Waals surface area contributed by atoms with Crippen molar-refractivity contribution in [3.8, 4) is 0 Å². The Morgan fingerprint density at radius 3 is 2.62 bits per heavy atom. The molecule has 2 unspecified atom stereocenters. The largest absolute Gasteiger partial charge is 0.454 e. The standard InChI is InChI=1S/C13H18NO2/c1-14(2,3)9-10-8-13(15)16-12-7-5-4-6-11(10)12/h4-8,11-12H,9H2,1-3H3/q+1. The second-order valence-corrected chi connectivity index (χ2v) is 5.36. The van der Waals surface area contributed by atoms with Gasteiger partial charge in [-0.25, -0.2) is 4.79 Å². The summed E-state index contributed by atoms with van der Waals surface area (Å²) in [4.78, 5) is 11.5. The van der Waals surface area contributed by atoms with Crippen LogP contribution in [0.5, 0.6) is 0 Å². The number of carbonyl (C=O) groups is 1. The minimum Gasteiger partial charge on any atom is -0.454 e. The molecule has 0 N–H and O–H groups in total. The van der Waals surface area contributed by atoms with E-state index in [-0.39, 0.29) is 18.0 Å². The molecule has 0 fully saturated rings. The lowest BCUT2D eigenvalue weighted by atomic mass is 9.87. The van der Waals surface area contributed by atoms with E-state index in [1.54, 1.807) is 6.08 Å². The first kappa shape index (κ1) is 11.1. The molecule has 2 rings (SSSR count). The van der Waals surface area contributed by atoms with Crippen molar-refractivity contribution >= 4 is 5.97 Å². The molecule has 0 amide bonds. The van der Waals surface area contributed by atoms with Crippen molar-refractivity contribution in [2.45, 2.75) is 6.10 Å². The molecule has 86 valence electrons. The van der Waals surface area contributed by atoms with Crippen molar-refractivity contribution in [3.05, 3.63) is 36.0 Å². The first-order chi connectivity index (χ1) is 7.46. The molecule has 2 atom stereocenters. The SMILES string of the molecule is C[N+](C)(C)CC1=CC(=O)OC2C=CC=CC12. The highest BCUT2D eigenvalue weighted by Gasteiger charge is 2.32. The van der Waals surface area contributed by atoms with E-state index in [9.17, 15) is 4.79 Å². The number of ether oxygens (including phenoxy) is 1. The summed E-state index contributed by atoms with van der Waals surface area (Å²) in [5.74, 6) is 0.00435. The minimum atomic E-state index is -0.218. The Bertz CT molecular complexity index is 385. The summed E-state index contributed by atoms with van der Waals surface area (Å²) in [5, 5.41) is 0. The van der Waals surface area contributed by atoms with Gasteiger partial charge in [-0.1, -0.05) is 18.2 Å². The highest BCUT2D eigenvalue weighted by Crippen LogP contribution is 2.29. The van der Waals surface area contributed by atoms with Gasteiger partial charge in [0.2, 0.25) is 0 Å². The van der Waals surface area contributed by atoms with Crippen molar-refractivity contribution in [1.82, 2.24) is 0 Å². The third-order valence-corrected chi connectivity index (χ3v) is 2.72. The van der Waals surface area contributed by atoms with Crippen molar-refractivity contribution in [1.29, 1.82) is 0 Å². The molecule has 0 aromatic heterocycles. The molecule has 3 nitrogen and oxygen atoms in total. The zero-order chi connectivity index (χ0) is 11.8. The zero-order valence-corrected chi connectivity index (χ0v) is 10.0. The Hall–Kier alpha value is -1.35. The van der Waals surface area contributed by atoms with Crippen LogP contribution in [0, 0.1) is 5.92 Å². The Morgan fingerprint density at radius 1 is 1.25 bits per heavy atom. The Balaban J connectivity index is 2.25. The van der Waals surface area contributed by atoms with Crippen molar-refractivity contribution < 1.29 is 14.0 Å². The summed E-state index contributed by atoms with van der Waals surface area (Å²) in [6.45, 7) is 0.869. The summed E-state index contributed by atoms with van der Waals surface area (Å²) in [6, 6.07) is 0. The lowest BCUT2D eigenvalue weighted by Crippen LogP contribution is -2.41. The van der Waals surface area contributed by atoms with E-state index in [1.165, 1.54) is 0 Å². The molecule has 0 spiro atoms. The molecule has 1 aliphatic carbocycles. The van der Waals surface area contributed by atoms with Crippen LogP contribution in [0.25, 0.3) is 0 Å². The number of likely N-dealkylation sites (N-methyl/N-ethyl adjacent to an activating group) is 1. The zero-order valence-electron chi connectivity index (χ0n) is 10.0. The quantitative estimate of drug-likeness (QED) is 0.518. The summed E-state index contributed by atoms with van der Waals surface area (Å²) in [7, 11) is 6.37. The van der Waals surface area contributed by atoms with Gasteiger partial charge in [0.25, 0.3) is 0 Å². The van der Waals surface area contributed by atoms with Crippen molar-refractivity contribution in [2.75, 3.05) is 27.7 Å². The molecule has 1 heterocycles. The summed E-state index contributed by atoms with van der Waals surface area (Å²) < 4.78 is 6.09. The van der Waals surface area contributed by atoms with Gasteiger partial charge in [0.05, 0.1) is 21.1 Å². The van der Waals surface area contributed by atoms with E-state index in [4.69, 9.17) is 4.74 Å². The smallest absolute Gasteiger partial charge is 0.331 e. The van der Waals surface area contributed by atoms with Gasteiger partial charge in [-0.05, 0) is 6.08 Å². The number of rotatable bonds is 2. The van der Waals surface area contributed by atoms with Crippen LogP contribution in [-0.4, -0.2) is 44.2 Å². The first-order valence-electron chi connectivity index (χ1n) is 5.52. The Morgan fingerprint density at radius 2 is 1.94 bits per heavy atom. The number of carbonyl (C=O) groups excluding carboxylic acids is 1. The monoisotopic (exact) mass is 220 g/mol. The molecular weight excluding hydrogens is 202 g/mol. The van der Waals surface area contributed by atoms with Gasteiger partial charge in [-0.2, -0.15) is 0 Å². The highest BCUT2D eigenvalue weighted by molar-refractivity contribution is 5.84. The Kier molecular flexibility index (Phi) is 2.72. The minimum absolute atomic E-state index is 0.107. The Labute approximate surface area is 96.3 Å². The van der Waals surface area contributed by atoms with Crippen LogP contribution in [0.4, 0.5) is 0 Å². The van der Waals surface area contributed by atoms with Crippen LogP contribution >= 0.6 is 0 Å². The molecule has 16 heavy (non-hydrogen) atoms. The summed E-state index contributed by atoms with van der Waals surface area (Å²) in [5.41, 5.74) is 1.16. The maximum Gasteiger partial charge on any atom is 0.331 e. The lowest BCUT2D eigenvalue weighted by Gasteiger charge is -2.33. The van der Waals surface area contributed by atoms with E-state index in [2.05, 4.69) is 27.2 Å². The molecule has 0 aromatic carbocycles. The van der Waals surface area contributed by atoms with E-state index < -0.39 is 0 Å². The van der Waals surface area contributed by atoms with Gasteiger partial charge in [0.15, 0.2) is 0 Å². The van der Waals surface area contributed by atoms with Gasteiger partial charge in [0.1, 0.15) is 12.6 Å². The van der Waals surface area contributed by atoms with Gasteiger partial charge < -0.3 is 9.22 Å². The molecule has 2 aliphatic rings. The average molecular weight is 220 g/mol. The number of esters is 1. The van der Waals surface area contributed by atoms with Crippen molar-refractivity contribution in [3.63, 3.8) is 0 Å². The fraction of sp³-hybridized carbons (Fsp3) is 0.462. The van der Waals surface area contributed by atoms with Gasteiger partial charge in [0, 0.05) is 17.6 Å². The van der Waals surface area contributed by atoms with Crippen LogP contribution in [0.2, 0.25) is 0 Å². The fourth-order valence-electron chi connectivity index (χ4n) is 2.15. The van der Waals surface area contributed by atoms with Crippen LogP contribution in [-0.2, 0) is 9.53 Å². The number of fused-ring (bicyclic) bond motifs is 1. The molecule has 3 heteroatoms. The first-order valence-corrected chi connectivity index (χ1v) is 5.52. The summed E-state index contributed by atoms with van der Waals surface area (Å²) in [6.07, 6.45) is 9.55. The van der Waals surface area contributed by atoms with Crippen molar-refractivity contribution in [2.24, 2.45) is 5.92 Å². The average Bonchev–Trinajstić information content (AvgIpc) is 2.14. The molecule has 1 aliphatic heterocycles. The van der Waals surface area contributed by atoms with Crippen LogP contribution in [0.1, 0.15) is 0 Å². The predicted molar refractivity (Wildman–Crippen MR) is 62.6 cm³/mol. The van der Waals surface area contributed by atoms with Crippen LogP contribution in [0.3, 0.4) is 0 Å². The number of quaternary nitrogens is 1. The third kappa shape index (κ3) is 2.42. The maximum atomic E-state index is 11.5. The van der Waals surface area contributed by atoms with E-state index in [1.807, 2.05) is 18.2 Å². The summed E-state index contributed by atoms with van der Waals surface area (Å²) >= 11 is 0. The van der Waals surface area contributed by atoms with E-state index >= 15 is 0 Å². The van der Waals surface area contributed by atoms with E-state index in [0.29, 0.717) is 0 Å². The molecular formula is C13H18NO2+. The topological polar surface area (TPSA) is 26.3 Å². The molecule has 0 saturated carbocycles. The van der Waals surface area contributed by atoms with Gasteiger partial charge in [-0.3, -0.25) is 0 Å². The normalized spacial score (nSPS) is 28.4. The van der Waals surface area contributed by atoms with Crippen LogP contribution in [0.15, 0.2) is 36.0 Å². The van der Waals surface area contributed by atoms with Gasteiger partial charge in [-0.15, -0.1) is 0 Å². The molecule has 0 aromatic rings. The number of nitrogens with zero attached hydrogens (tertiary/aromatic N) is 1. The van der Waals surface area contributed by atoms with Crippen LogP contribution < -0.4 is 0 Å². The second-order valence-electron chi connectivity index (χ2n) is 5.36. The predicted octanol–water partition coefficient (Wildman–Crippen LogP) is 1.29. The highest BCUT2D eigenvalue weighted by atomic mass is 16.5. The number of allylic oxidation sites excluding steroid dienone is 2. The van der Waals surface area contributed by atoms with Gasteiger partial charge >= 0.3 is 5.97 Å². The molecule has 0 bridgehead atoms. The van der Waals surface area contributed by atoms with E-state index in [0.717, 1.165) is 16.6 Å². The fourth-order valence-corrected chi connectivity index (χ4v) is 2.15. The molecule has 0 radical (unpaired) electrons. The third-order valence-electron chi connectivity index (χ3n) is 2.72. The second kappa shape index (κ2) is 3.91.